The number of hydrogen-bond acceptors (Lipinski definition) is 4. The number of rotatable bonds is 22. The van der Waals surface area contributed by atoms with Crippen molar-refractivity contribution in [3.63, 3.8) is 0 Å². The van der Waals surface area contributed by atoms with E-state index in [-0.39, 0.29) is 36.7 Å². The van der Waals surface area contributed by atoms with Crippen molar-refractivity contribution in [1.82, 2.24) is 10.6 Å². The molecule has 0 bridgehead atoms. The van der Waals surface area contributed by atoms with Gasteiger partial charge in [-0.05, 0) is 84.1 Å². The maximum absolute atomic E-state index is 9.89. The normalized spacial score (nSPS) is 26.2. The molecule has 1 aromatic heterocycles. The number of nitrogens with one attached hydrogen (secondary N) is 2. The highest BCUT2D eigenvalue weighted by Gasteiger charge is 2.26. The molecule has 0 radical (unpaired) electrons. The Morgan fingerprint density at radius 1 is 0.630 bits per heavy atom. The van der Waals surface area contributed by atoms with Crippen LogP contribution in [0.1, 0.15) is 178 Å². The first-order valence-corrected chi connectivity index (χ1v) is 19.9. The fourth-order valence-electron chi connectivity index (χ4n) is 8.46. The fourth-order valence-corrected chi connectivity index (χ4v) is 8.46. The molecule has 0 aromatic carbocycles. The number of fused-ring (bicyclic) bond motifs is 1. The lowest BCUT2D eigenvalue weighted by atomic mass is 9.93. The number of aromatic nitrogens is 1. The van der Waals surface area contributed by atoms with E-state index in [1.54, 1.807) is 16.8 Å². The van der Waals surface area contributed by atoms with Gasteiger partial charge in [0.1, 0.15) is 6.54 Å². The predicted octanol–water partition coefficient (Wildman–Crippen LogP) is 5.03. The fraction of sp³-hybridized carbons (Fsp3) is 0.875. The minimum absolute atomic E-state index is 0. The first kappa shape index (κ1) is 39.7. The van der Waals surface area contributed by atoms with Crippen LogP contribution in [0.25, 0.3) is 0 Å². The molecule has 0 aliphatic carbocycles. The second kappa shape index (κ2) is 22.8. The molecule has 0 spiro atoms. The number of pyridine rings is 1. The number of aryl methyl sites for hydroxylation is 3. The highest BCUT2D eigenvalue weighted by atomic mass is 35.5. The van der Waals surface area contributed by atoms with Gasteiger partial charge >= 0.3 is 0 Å². The molecule has 4 heterocycles. The molecule has 3 aliphatic rings. The third kappa shape index (κ3) is 14.4. The van der Waals surface area contributed by atoms with Crippen molar-refractivity contribution in [2.24, 2.45) is 0 Å². The molecule has 46 heavy (non-hydrogen) atoms. The number of halogens is 1. The van der Waals surface area contributed by atoms with Crippen LogP contribution in [0.5, 0.6) is 0 Å². The molecule has 0 amide bonds. The highest BCUT2D eigenvalue weighted by Crippen LogP contribution is 2.22. The molecule has 6 heteroatoms. The van der Waals surface area contributed by atoms with E-state index in [9.17, 15) is 10.2 Å². The summed E-state index contributed by atoms with van der Waals surface area (Å²) in [6.45, 7) is 5.47. The Balaban J connectivity index is 0.00000576. The Morgan fingerprint density at radius 2 is 1.09 bits per heavy atom. The molecular weight excluding hydrogens is 590 g/mol. The van der Waals surface area contributed by atoms with Gasteiger partial charge in [0.05, 0.1) is 12.2 Å². The lowest BCUT2D eigenvalue weighted by Gasteiger charge is -2.32. The van der Waals surface area contributed by atoms with Crippen LogP contribution in [0.15, 0.2) is 12.3 Å². The summed E-state index contributed by atoms with van der Waals surface area (Å²) in [5, 5.41) is 27.0. The molecule has 266 valence electrons. The van der Waals surface area contributed by atoms with E-state index in [0.29, 0.717) is 12.1 Å². The topological polar surface area (TPSA) is 68.4 Å². The summed E-state index contributed by atoms with van der Waals surface area (Å²) in [5.74, 6) is 0. The molecule has 0 saturated carbocycles. The van der Waals surface area contributed by atoms with Gasteiger partial charge < -0.3 is 33.3 Å². The maximum atomic E-state index is 9.89. The lowest BCUT2D eigenvalue weighted by molar-refractivity contribution is -0.691. The molecule has 1 aromatic rings. The number of unbranched alkanes of at least 4 members (excludes halogenated alkanes) is 14. The van der Waals surface area contributed by atoms with E-state index >= 15 is 0 Å². The van der Waals surface area contributed by atoms with E-state index < -0.39 is 0 Å². The smallest absolute Gasteiger partial charge is 0.184 e. The van der Waals surface area contributed by atoms with Gasteiger partial charge in [-0.2, -0.15) is 0 Å². The predicted molar refractivity (Wildman–Crippen MR) is 189 cm³/mol. The van der Waals surface area contributed by atoms with Crippen molar-refractivity contribution in [3.05, 3.63) is 29.1 Å². The van der Waals surface area contributed by atoms with Crippen molar-refractivity contribution < 1.29 is 27.2 Å². The summed E-state index contributed by atoms with van der Waals surface area (Å²) in [6, 6.07) is 4.38. The summed E-state index contributed by atoms with van der Waals surface area (Å²) >= 11 is 0. The average Bonchev–Trinajstić information content (AvgIpc) is 3.51. The zero-order valence-electron chi connectivity index (χ0n) is 29.9. The Kier molecular flexibility index (Phi) is 19.7. The minimum atomic E-state index is -0.146. The number of aliphatic hydroxyl groups is 2. The van der Waals surface area contributed by atoms with Crippen LogP contribution in [0.3, 0.4) is 0 Å². The molecule has 4 rings (SSSR count). The molecule has 2 fully saturated rings. The van der Waals surface area contributed by atoms with Gasteiger partial charge in [-0.15, -0.1) is 0 Å². The second-order valence-electron chi connectivity index (χ2n) is 15.4. The second-order valence-corrected chi connectivity index (χ2v) is 15.4. The quantitative estimate of drug-likeness (QED) is 0.104. The van der Waals surface area contributed by atoms with E-state index in [0.717, 1.165) is 25.7 Å². The SMILES string of the molecule is C[C@H]1N[C@H](CCCCCCCCCCc2cc(CCCCCCCCCC[C@@H]3CC[C@@H](O)[C@@H](C)N3)c3[n+](c2)CCC3)CC[C@H]1O.[Cl-]. The average molecular weight is 662 g/mol. The highest BCUT2D eigenvalue weighted by molar-refractivity contribution is 5.23. The third-order valence-corrected chi connectivity index (χ3v) is 11.5. The van der Waals surface area contributed by atoms with Crippen molar-refractivity contribution in [1.29, 1.82) is 0 Å². The summed E-state index contributed by atoms with van der Waals surface area (Å²) in [5.41, 5.74) is 4.89. The van der Waals surface area contributed by atoms with Crippen LogP contribution in [-0.2, 0) is 25.8 Å². The van der Waals surface area contributed by atoms with Crippen LogP contribution in [0.4, 0.5) is 0 Å². The lowest BCUT2D eigenvalue weighted by Crippen LogP contribution is -3.00. The Bertz CT molecular complexity index is 945. The third-order valence-electron chi connectivity index (χ3n) is 11.5. The molecule has 6 atom stereocenters. The first-order valence-electron chi connectivity index (χ1n) is 19.9. The largest absolute Gasteiger partial charge is 1.00 e. The van der Waals surface area contributed by atoms with E-state index in [1.165, 1.54) is 148 Å². The number of aliphatic hydroxyl groups excluding tert-OH is 2. The van der Waals surface area contributed by atoms with Gasteiger partial charge in [-0.3, -0.25) is 0 Å². The molecular formula is C40H72ClN3O2. The molecule has 0 unspecified atom stereocenters. The van der Waals surface area contributed by atoms with Gasteiger partial charge in [0.25, 0.3) is 0 Å². The van der Waals surface area contributed by atoms with Crippen LogP contribution >= 0.6 is 0 Å². The Labute approximate surface area is 289 Å². The van der Waals surface area contributed by atoms with Crippen molar-refractivity contribution in [2.75, 3.05) is 0 Å². The van der Waals surface area contributed by atoms with Crippen molar-refractivity contribution >= 4 is 0 Å². The van der Waals surface area contributed by atoms with E-state index in [2.05, 4.69) is 41.3 Å². The van der Waals surface area contributed by atoms with Crippen LogP contribution < -0.4 is 27.6 Å². The Hall–Kier alpha value is -0.720. The van der Waals surface area contributed by atoms with Gasteiger partial charge in [-0.25, -0.2) is 4.57 Å². The molecule has 3 aliphatic heterocycles. The van der Waals surface area contributed by atoms with Gasteiger partial charge in [0, 0.05) is 48.1 Å². The summed E-state index contributed by atoms with van der Waals surface area (Å²) in [6.07, 6.45) is 36.2. The zero-order valence-corrected chi connectivity index (χ0v) is 30.7. The first-order chi connectivity index (χ1) is 22.0. The van der Waals surface area contributed by atoms with Crippen LogP contribution in [0.2, 0.25) is 0 Å². The molecule has 4 N–H and O–H groups in total. The summed E-state index contributed by atoms with van der Waals surface area (Å²) < 4.78 is 2.60. The molecule has 5 nitrogen and oxygen atoms in total. The summed E-state index contributed by atoms with van der Waals surface area (Å²) in [4.78, 5) is 0. The monoisotopic (exact) mass is 662 g/mol. The number of piperidine rings is 2. The maximum Gasteiger partial charge on any atom is 0.184 e. The minimum Gasteiger partial charge on any atom is -1.00 e. The molecule has 2 saturated heterocycles. The van der Waals surface area contributed by atoms with Gasteiger partial charge in [-0.1, -0.05) is 89.9 Å². The van der Waals surface area contributed by atoms with Gasteiger partial charge in [0.15, 0.2) is 11.9 Å². The Morgan fingerprint density at radius 3 is 1.59 bits per heavy atom. The van der Waals surface area contributed by atoms with E-state index in [1.807, 2.05) is 0 Å². The van der Waals surface area contributed by atoms with Crippen molar-refractivity contribution in [3.8, 4) is 0 Å². The van der Waals surface area contributed by atoms with Crippen molar-refractivity contribution in [2.45, 2.75) is 224 Å². The van der Waals surface area contributed by atoms with Gasteiger partial charge in [0.2, 0.25) is 0 Å². The van der Waals surface area contributed by atoms with Crippen LogP contribution in [-0.4, -0.2) is 46.6 Å². The standard InChI is InChI=1S/C40H72N3O2.ClH/c1-32-39(44)27-25-36(41-32)22-17-13-9-5-3-7-11-15-20-34-30-35(38-24-19-29-43(38)31-34)21-16-12-8-4-6-10-14-18-23-37-26-28-40(45)33(2)42-37;/h30-33,36-37,39-42,44-45H,3-29H2,1-2H3;1H/q+1;/p-1/t32-,33-,36-,37-,39-,40-;/m1./s1. The summed E-state index contributed by atoms with van der Waals surface area (Å²) in [7, 11) is 0. The number of nitrogens with zero attached hydrogens (tertiary/aromatic N) is 1. The van der Waals surface area contributed by atoms with E-state index in [4.69, 9.17) is 0 Å². The zero-order chi connectivity index (χ0) is 31.7. The number of hydrogen-bond donors (Lipinski definition) is 4. The van der Waals surface area contributed by atoms with Crippen LogP contribution in [0, 0.1) is 0 Å².